The zero-order valence-electron chi connectivity index (χ0n) is 15.7. The average molecular weight is 391 g/mol. The number of nitrogens with one attached hydrogen (secondary N) is 2. The average Bonchev–Trinajstić information content (AvgIpc) is 3.31. The molecular formula is C22H22N4OS. The number of hydrogen-bond acceptors (Lipinski definition) is 4. The van der Waals surface area contributed by atoms with E-state index in [0.717, 1.165) is 46.0 Å². The fourth-order valence-electron chi connectivity index (χ4n) is 3.13. The highest BCUT2D eigenvalue weighted by atomic mass is 32.1. The Labute approximate surface area is 167 Å². The van der Waals surface area contributed by atoms with Crippen LogP contribution < -0.4 is 5.32 Å². The first-order chi connectivity index (χ1) is 13.7. The summed E-state index contributed by atoms with van der Waals surface area (Å²) in [6.45, 7) is 2.70. The second-order valence-electron chi connectivity index (χ2n) is 6.84. The number of hydrogen-bond donors (Lipinski definition) is 2. The number of carbonyl (C=O) groups excluding carboxylic acids is 1. The maximum absolute atomic E-state index is 12.2. The summed E-state index contributed by atoms with van der Waals surface area (Å²) in [6.07, 6.45) is 1.97. The van der Waals surface area contributed by atoms with Crippen molar-refractivity contribution in [2.75, 3.05) is 6.54 Å². The number of carbonyl (C=O) groups is 1. The largest absolute Gasteiger partial charge is 0.356 e. The quantitative estimate of drug-likeness (QED) is 0.463. The SMILES string of the molecule is Cc1cccc(-c2nc(CC(=O)NCCCc3nc4ccccc4[nH]3)cs2)c1. The highest BCUT2D eigenvalue weighted by Crippen LogP contribution is 2.24. The van der Waals surface area contributed by atoms with Gasteiger partial charge in [-0.1, -0.05) is 35.9 Å². The fraction of sp³-hybridized carbons (Fsp3) is 0.227. The number of fused-ring (bicyclic) bond motifs is 1. The van der Waals surface area contributed by atoms with Crippen LogP contribution in [-0.2, 0) is 17.6 Å². The molecule has 0 atom stereocenters. The van der Waals surface area contributed by atoms with Gasteiger partial charge in [0.25, 0.3) is 0 Å². The van der Waals surface area contributed by atoms with Gasteiger partial charge in [-0.15, -0.1) is 11.3 Å². The Bertz CT molecular complexity index is 1070. The number of para-hydroxylation sites is 2. The lowest BCUT2D eigenvalue weighted by Crippen LogP contribution is -2.26. The molecule has 142 valence electrons. The minimum atomic E-state index is 0.00528. The third-order valence-corrected chi connectivity index (χ3v) is 5.45. The van der Waals surface area contributed by atoms with Gasteiger partial charge in [-0.25, -0.2) is 9.97 Å². The van der Waals surface area contributed by atoms with E-state index in [0.29, 0.717) is 13.0 Å². The Balaban J connectivity index is 1.24. The number of nitrogens with zero attached hydrogens (tertiary/aromatic N) is 2. The van der Waals surface area contributed by atoms with Crippen molar-refractivity contribution >= 4 is 28.3 Å². The van der Waals surface area contributed by atoms with Crippen LogP contribution in [0.25, 0.3) is 21.6 Å². The van der Waals surface area contributed by atoms with Gasteiger partial charge in [0.2, 0.25) is 5.91 Å². The number of H-pyrrole nitrogens is 1. The number of rotatable bonds is 7. The summed E-state index contributed by atoms with van der Waals surface area (Å²) < 4.78 is 0. The molecular weight excluding hydrogens is 368 g/mol. The van der Waals surface area contributed by atoms with Crippen LogP contribution in [0.5, 0.6) is 0 Å². The second-order valence-corrected chi connectivity index (χ2v) is 7.70. The molecule has 0 radical (unpaired) electrons. The van der Waals surface area contributed by atoms with Crippen LogP contribution in [0.4, 0.5) is 0 Å². The van der Waals surface area contributed by atoms with Gasteiger partial charge in [-0.05, 0) is 31.5 Å². The van der Waals surface area contributed by atoms with Crippen LogP contribution in [0.15, 0.2) is 53.9 Å². The van der Waals surface area contributed by atoms with E-state index in [9.17, 15) is 4.79 Å². The van der Waals surface area contributed by atoms with Gasteiger partial charge < -0.3 is 10.3 Å². The van der Waals surface area contributed by atoms with Crippen molar-refractivity contribution in [1.82, 2.24) is 20.3 Å². The van der Waals surface area contributed by atoms with E-state index in [1.165, 1.54) is 5.56 Å². The molecule has 2 aromatic carbocycles. The predicted molar refractivity (Wildman–Crippen MR) is 113 cm³/mol. The Kier molecular flexibility index (Phi) is 5.48. The van der Waals surface area contributed by atoms with Gasteiger partial charge >= 0.3 is 0 Å². The number of benzene rings is 2. The summed E-state index contributed by atoms with van der Waals surface area (Å²) >= 11 is 1.58. The van der Waals surface area contributed by atoms with Crippen LogP contribution in [0.2, 0.25) is 0 Å². The molecule has 0 unspecified atom stereocenters. The van der Waals surface area contributed by atoms with Crippen LogP contribution in [0.1, 0.15) is 23.5 Å². The molecule has 4 aromatic rings. The van der Waals surface area contributed by atoms with Crippen molar-refractivity contribution in [3.05, 3.63) is 71.0 Å². The number of aryl methyl sites for hydroxylation is 2. The van der Waals surface area contributed by atoms with E-state index in [1.807, 2.05) is 41.8 Å². The second kappa shape index (κ2) is 8.35. The summed E-state index contributed by atoms with van der Waals surface area (Å²) in [5.74, 6) is 0.962. The number of aromatic nitrogens is 3. The van der Waals surface area contributed by atoms with E-state index in [4.69, 9.17) is 0 Å². The van der Waals surface area contributed by atoms with Crippen LogP contribution in [0.3, 0.4) is 0 Å². The standard InChI is InChI=1S/C22H22N4OS/c1-15-6-4-7-16(12-15)22-24-17(14-28-22)13-21(27)23-11-5-10-20-25-18-8-2-3-9-19(18)26-20/h2-4,6-9,12,14H,5,10-11,13H2,1H3,(H,23,27)(H,25,26). The van der Waals surface area contributed by atoms with E-state index >= 15 is 0 Å². The van der Waals surface area contributed by atoms with Gasteiger partial charge in [0.05, 0.1) is 23.1 Å². The summed E-state index contributed by atoms with van der Waals surface area (Å²) in [4.78, 5) is 24.7. The molecule has 0 saturated carbocycles. The molecule has 28 heavy (non-hydrogen) atoms. The first-order valence-corrected chi connectivity index (χ1v) is 10.3. The number of thiazole rings is 1. The fourth-order valence-corrected chi connectivity index (χ4v) is 3.95. The lowest BCUT2D eigenvalue weighted by atomic mass is 10.1. The molecule has 4 rings (SSSR count). The van der Waals surface area contributed by atoms with Gasteiger partial charge in [0, 0.05) is 23.9 Å². The van der Waals surface area contributed by atoms with E-state index in [2.05, 4.69) is 39.3 Å². The predicted octanol–water partition coefficient (Wildman–Crippen LogP) is 4.29. The Hall–Kier alpha value is -2.99. The lowest BCUT2D eigenvalue weighted by molar-refractivity contribution is -0.120. The first-order valence-electron chi connectivity index (χ1n) is 9.39. The number of amides is 1. The van der Waals surface area contributed by atoms with Crippen molar-refractivity contribution in [1.29, 1.82) is 0 Å². The zero-order valence-corrected chi connectivity index (χ0v) is 16.6. The van der Waals surface area contributed by atoms with Crippen LogP contribution in [-0.4, -0.2) is 27.4 Å². The van der Waals surface area contributed by atoms with Crippen molar-refractivity contribution < 1.29 is 4.79 Å². The highest BCUT2D eigenvalue weighted by molar-refractivity contribution is 7.13. The van der Waals surface area contributed by atoms with Crippen molar-refractivity contribution in [3.8, 4) is 10.6 Å². The minimum Gasteiger partial charge on any atom is -0.356 e. The maximum Gasteiger partial charge on any atom is 0.226 e. The van der Waals surface area contributed by atoms with Crippen molar-refractivity contribution in [2.45, 2.75) is 26.2 Å². The third-order valence-electron chi connectivity index (χ3n) is 4.51. The minimum absolute atomic E-state index is 0.00528. The molecule has 2 N–H and O–H groups in total. The van der Waals surface area contributed by atoms with Crippen molar-refractivity contribution in [2.24, 2.45) is 0 Å². The molecule has 2 aromatic heterocycles. The van der Waals surface area contributed by atoms with Gasteiger partial charge in [-0.3, -0.25) is 4.79 Å². The molecule has 0 fully saturated rings. The normalized spacial score (nSPS) is 11.0. The number of imidazole rings is 1. The van der Waals surface area contributed by atoms with Crippen LogP contribution in [0, 0.1) is 6.92 Å². The molecule has 6 heteroatoms. The monoisotopic (exact) mass is 390 g/mol. The smallest absolute Gasteiger partial charge is 0.226 e. The molecule has 1 amide bonds. The first kappa shape index (κ1) is 18.4. The maximum atomic E-state index is 12.2. The molecule has 0 bridgehead atoms. The Morgan fingerprint density at radius 3 is 2.89 bits per heavy atom. The summed E-state index contributed by atoms with van der Waals surface area (Å²) in [5, 5.41) is 5.90. The Morgan fingerprint density at radius 2 is 2.04 bits per heavy atom. The third kappa shape index (κ3) is 4.46. The summed E-state index contributed by atoms with van der Waals surface area (Å²) in [7, 11) is 0. The Morgan fingerprint density at radius 1 is 1.14 bits per heavy atom. The molecule has 0 aliphatic heterocycles. The van der Waals surface area contributed by atoms with E-state index in [-0.39, 0.29) is 5.91 Å². The summed E-state index contributed by atoms with van der Waals surface area (Å²) in [6, 6.07) is 16.2. The lowest BCUT2D eigenvalue weighted by Gasteiger charge is -2.03. The molecule has 5 nitrogen and oxygen atoms in total. The topological polar surface area (TPSA) is 70.7 Å². The number of aromatic amines is 1. The van der Waals surface area contributed by atoms with Crippen molar-refractivity contribution in [3.63, 3.8) is 0 Å². The molecule has 0 spiro atoms. The van der Waals surface area contributed by atoms with Gasteiger partial charge in [-0.2, -0.15) is 0 Å². The molecule has 2 heterocycles. The molecule has 0 aliphatic rings. The molecule has 0 saturated heterocycles. The van der Waals surface area contributed by atoms with E-state index < -0.39 is 0 Å². The molecule has 0 aliphatic carbocycles. The van der Waals surface area contributed by atoms with Gasteiger partial charge in [0.15, 0.2) is 0 Å². The van der Waals surface area contributed by atoms with E-state index in [1.54, 1.807) is 11.3 Å². The highest BCUT2D eigenvalue weighted by Gasteiger charge is 2.09. The summed E-state index contributed by atoms with van der Waals surface area (Å²) in [5.41, 5.74) is 5.15. The van der Waals surface area contributed by atoms with Gasteiger partial charge in [0.1, 0.15) is 10.8 Å². The van der Waals surface area contributed by atoms with Crippen LogP contribution >= 0.6 is 11.3 Å². The zero-order chi connectivity index (χ0) is 19.3.